The Kier molecular flexibility index (Phi) is 4.81. The second kappa shape index (κ2) is 5.79. The lowest BCUT2D eigenvalue weighted by Crippen LogP contribution is -2.60. The van der Waals surface area contributed by atoms with Crippen molar-refractivity contribution in [3.05, 3.63) is 30.3 Å². The number of hydrogen-bond donors (Lipinski definition) is 2. The molecule has 2 N–H and O–H groups in total. The van der Waals surface area contributed by atoms with Crippen molar-refractivity contribution in [1.29, 1.82) is 0 Å². The number of carbonyl (C=O) groups is 1. The van der Waals surface area contributed by atoms with E-state index in [0.29, 0.717) is 0 Å². The van der Waals surface area contributed by atoms with Crippen LogP contribution in [-0.4, -0.2) is 27.2 Å². The molecule has 106 valence electrons. The fourth-order valence-corrected chi connectivity index (χ4v) is 3.54. The predicted octanol–water partition coefficient (Wildman–Crippen LogP) is 3.69. The predicted molar refractivity (Wildman–Crippen MR) is 87.1 cm³/mol. The Hall–Kier alpha value is -1.28. The molecule has 0 fully saturated rings. The van der Waals surface area contributed by atoms with Crippen LogP contribution in [0.3, 0.4) is 0 Å². The van der Waals surface area contributed by atoms with E-state index in [9.17, 15) is 4.79 Å². The van der Waals surface area contributed by atoms with Gasteiger partial charge >= 0.3 is 6.03 Å². The van der Waals surface area contributed by atoms with Gasteiger partial charge < -0.3 is 10.4 Å². The van der Waals surface area contributed by atoms with Crippen molar-refractivity contribution in [2.75, 3.05) is 5.43 Å². The summed E-state index contributed by atoms with van der Waals surface area (Å²) in [5.74, 6) is 0. The van der Waals surface area contributed by atoms with Gasteiger partial charge in [-0.25, -0.2) is 4.79 Å². The molecule has 19 heavy (non-hydrogen) atoms. The number of nitrogens with one attached hydrogen (secondary N) is 2. The lowest BCUT2D eigenvalue weighted by molar-refractivity contribution is 0.231. The normalized spacial score (nSPS) is 11.9. The van der Waals surface area contributed by atoms with E-state index in [1.807, 2.05) is 30.3 Å². The highest BCUT2D eigenvalue weighted by atomic mass is 28.3. The summed E-state index contributed by atoms with van der Waals surface area (Å²) in [6.45, 7) is 12.8. The van der Waals surface area contributed by atoms with Crippen LogP contribution >= 0.6 is 0 Å². The van der Waals surface area contributed by atoms with Crippen LogP contribution in [0.2, 0.25) is 39.3 Å². The summed E-state index contributed by atoms with van der Waals surface area (Å²) in [6, 6.07) is 9.81. The average molecular weight is 296 g/mol. The van der Waals surface area contributed by atoms with E-state index >= 15 is 0 Å². The Labute approximate surface area is 118 Å². The smallest absolute Gasteiger partial charge is 0.319 e. The number of benzene rings is 1. The summed E-state index contributed by atoms with van der Waals surface area (Å²) in [5, 5.41) is 0. The van der Waals surface area contributed by atoms with Crippen LogP contribution in [0.15, 0.2) is 30.3 Å². The third-order valence-electron chi connectivity index (χ3n) is 2.37. The third kappa shape index (κ3) is 5.48. The number of carbonyl (C=O) groups excluding carboxylic acids is 1. The number of anilines is 1. The molecule has 1 aromatic carbocycles. The van der Waals surface area contributed by atoms with Crippen LogP contribution in [0.5, 0.6) is 0 Å². The molecule has 0 radical (unpaired) electrons. The number of hydrazine groups is 1. The van der Waals surface area contributed by atoms with Gasteiger partial charge in [0.05, 0.1) is 5.69 Å². The number of amides is 2. The van der Waals surface area contributed by atoms with Crippen LogP contribution in [0, 0.1) is 0 Å². The molecular weight excluding hydrogens is 270 g/mol. The molecule has 1 aromatic rings. The summed E-state index contributed by atoms with van der Waals surface area (Å²) in [4.78, 5) is 15.6. The van der Waals surface area contributed by atoms with Crippen molar-refractivity contribution < 1.29 is 4.79 Å². The van der Waals surface area contributed by atoms with Crippen molar-refractivity contribution >= 4 is 28.2 Å². The van der Waals surface area contributed by atoms with Gasteiger partial charge in [-0.3, -0.25) is 4.67 Å². The Morgan fingerprint density at radius 3 is 1.95 bits per heavy atom. The lowest BCUT2D eigenvalue weighted by Gasteiger charge is -2.36. The van der Waals surface area contributed by atoms with Gasteiger partial charge in [-0.2, -0.15) is 0 Å². The number of rotatable bonds is 4. The van der Waals surface area contributed by atoms with E-state index in [2.05, 4.69) is 49.7 Å². The highest BCUT2D eigenvalue weighted by Crippen LogP contribution is 2.14. The van der Waals surface area contributed by atoms with E-state index in [1.165, 1.54) is 0 Å². The number of nitrogens with zero attached hydrogens (tertiary/aromatic N) is 1. The minimum atomic E-state index is -1.80. The highest BCUT2D eigenvalue weighted by molar-refractivity contribution is 6.78. The minimum absolute atomic E-state index is 0.0119. The first kappa shape index (κ1) is 15.8. The Morgan fingerprint density at radius 2 is 1.53 bits per heavy atom. The Balaban J connectivity index is 2.88. The second-order valence-corrected chi connectivity index (χ2v) is 16.2. The van der Waals surface area contributed by atoms with Crippen molar-refractivity contribution in [2.24, 2.45) is 0 Å². The summed E-state index contributed by atoms with van der Waals surface area (Å²) in [6.07, 6.45) is 0. The molecule has 0 atom stereocenters. The molecule has 4 nitrogen and oxygen atoms in total. The number of hydrogen-bond acceptors (Lipinski definition) is 2. The van der Waals surface area contributed by atoms with Crippen molar-refractivity contribution in [3.8, 4) is 0 Å². The molecule has 0 unspecified atom stereocenters. The maximum absolute atomic E-state index is 12.4. The molecule has 2 amide bonds. The van der Waals surface area contributed by atoms with Crippen LogP contribution < -0.4 is 10.4 Å². The van der Waals surface area contributed by atoms with Gasteiger partial charge in [0.25, 0.3) is 0 Å². The molecule has 6 heteroatoms. The van der Waals surface area contributed by atoms with E-state index in [4.69, 9.17) is 0 Å². The molecule has 0 spiro atoms. The van der Waals surface area contributed by atoms with Crippen LogP contribution in [-0.2, 0) is 0 Å². The van der Waals surface area contributed by atoms with E-state index in [1.54, 1.807) is 4.67 Å². The second-order valence-electron chi connectivity index (χ2n) is 6.66. The molecule has 0 aliphatic heterocycles. The largest absolute Gasteiger partial charge is 0.364 e. The summed E-state index contributed by atoms with van der Waals surface area (Å²) >= 11 is 0. The molecule has 0 heterocycles. The molecule has 0 aliphatic carbocycles. The molecular formula is C13H25N3OSi2. The molecule has 0 bridgehead atoms. The number of para-hydroxylation sites is 1. The van der Waals surface area contributed by atoms with Gasteiger partial charge in [0.1, 0.15) is 8.24 Å². The van der Waals surface area contributed by atoms with E-state index in [0.717, 1.165) is 5.69 Å². The minimum Gasteiger partial charge on any atom is -0.364 e. The van der Waals surface area contributed by atoms with Gasteiger partial charge in [-0.15, -0.1) is 0 Å². The molecule has 0 aromatic heterocycles. The topological polar surface area (TPSA) is 44.4 Å². The number of urea groups is 1. The average Bonchev–Trinajstić information content (AvgIpc) is 2.23. The highest BCUT2D eigenvalue weighted by Gasteiger charge is 2.31. The summed E-state index contributed by atoms with van der Waals surface area (Å²) < 4.78 is 1.79. The fraction of sp³-hybridized carbons (Fsp3) is 0.462. The van der Waals surface area contributed by atoms with Crippen molar-refractivity contribution in [3.63, 3.8) is 0 Å². The lowest BCUT2D eigenvalue weighted by atomic mass is 10.3. The van der Waals surface area contributed by atoms with Gasteiger partial charge in [-0.1, -0.05) is 37.8 Å². The van der Waals surface area contributed by atoms with Gasteiger partial charge in [0.2, 0.25) is 0 Å². The zero-order valence-electron chi connectivity index (χ0n) is 12.7. The van der Waals surface area contributed by atoms with Crippen LogP contribution in [0.1, 0.15) is 0 Å². The molecule has 0 aliphatic rings. The standard InChI is InChI=1S/C13H25N3OSi2/c1-18(2,3)15-13(17)16(19(4,5)6)14-12-10-8-7-9-11-12/h7-11,14H,1-6H3,(H,15,17). The maximum Gasteiger partial charge on any atom is 0.319 e. The van der Waals surface area contributed by atoms with Gasteiger partial charge in [0, 0.05) is 0 Å². The SMILES string of the molecule is C[Si](C)(C)NC(=O)N(Nc1ccccc1)[Si](C)(C)C. The quantitative estimate of drug-likeness (QED) is 0.657. The zero-order chi connectivity index (χ0) is 14.7. The first-order valence-corrected chi connectivity index (χ1v) is 13.5. The van der Waals surface area contributed by atoms with Crippen LogP contribution in [0.25, 0.3) is 0 Å². The van der Waals surface area contributed by atoms with Crippen molar-refractivity contribution in [2.45, 2.75) is 39.3 Å². The zero-order valence-corrected chi connectivity index (χ0v) is 14.7. The van der Waals surface area contributed by atoms with E-state index < -0.39 is 16.5 Å². The molecule has 1 rings (SSSR count). The first-order chi connectivity index (χ1) is 8.59. The summed E-state index contributed by atoms with van der Waals surface area (Å²) in [7, 11) is -3.44. The maximum atomic E-state index is 12.4. The molecule has 0 saturated heterocycles. The third-order valence-corrected chi connectivity index (χ3v) is 4.99. The Bertz CT molecular complexity index is 424. The monoisotopic (exact) mass is 295 g/mol. The summed E-state index contributed by atoms with van der Waals surface area (Å²) in [5.41, 5.74) is 4.19. The Morgan fingerprint density at radius 1 is 1.00 bits per heavy atom. The fourth-order valence-electron chi connectivity index (χ4n) is 1.54. The van der Waals surface area contributed by atoms with Gasteiger partial charge in [-0.05, 0) is 31.8 Å². The van der Waals surface area contributed by atoms with Gasteiger partial charge in [0.15, 0.2) is 8.24 Å². The first-order valence-electron chi connectivity index (χ1n) is 6.54. The van der Waals surface area contributed by atoms with Crippen molar-refractivity contribution in [1.82, 2.24) is 9.66 Å². The van der Waals surface area contributed by atoms with Crippen LogP contribution in [0.4, 0.5) is 10.5 Å². The van der Waals surface area contributed by atoms with E-state index in [-0.39, 0.29) is 6.03 Å². The molecule has 0 saturated carbocycles.